The second kappa shape index (κ2) is 2.77. The minimum atomic E-state index is -0.860. The number of ether oxygens (including phenoxy) is 1. The lowest BCUT2D eigenvalue weighted by Gasteiger charge is -2.40. The number of alkyl halides is 1. The summed E-state index contributed by atoms with van der Waals surface area (Å²) in [5.74, 6) is -0.367. The lowest BCUT2D eigenvalue weighted by Crippen LogP contribution is -2.60. The van der Waals surface area contributed by atoms with E-state index in [0.717, 1.165) is 0 Å². The first kappa shape index (κ1) is 8.46. The van der Waals surface area contributed by atoms with Gasteiger partial charge in [-0.2, -0.15) is 0 Å². The summed E-state index contributed by atoms with van der Waals surface area (Å²) in [6.45, 7) is 0. The van der Waals surface area contributed by atoms with Crippen molar-refractivity contribution in [2.75, 3.05) is 14.2 Å². The van der Waals surface area contributed by atoms with Crippen molar-refractivity contribution in [3.63, 3.8) is 0 Å². The minimum absolute atomic E-state index is 0.232. The maximum absolute atomic E-state index is 12.4. The normalized spacial score (nSPS) is 36.1. The van der Waals surface area contributed by atoms with Gasteiger partial charge in [-0.1, -0.05) is 0 Å². The fourth-order valence-corrected chi connectivity index (χ4v) is 1.36. The third-order valence-corrected chi connectivity index (χ3v) is 2.19. The van der Waals surface area contributed by atoms with E-state index in [1.165, 1.54) is 7.11 Å². The van der Waals surface area contributed by atoms with E-state index in [2.05, 4.69) is 10.1 Å². The summed E-state index contributed by atoms with van der Waals surface area (Å²) in [4.78, 5) is 11.0. The molecule has 1 N–H and O–H groups in total. The van der Waals surface area contributed by atoms with Gasteiger partial charge in [0.15, 0.2) is 0 Å². The zero-order chi connectivity index (χ0) is 8.48. The van der Waals surface area contributed by atoms with Gasteiger partial charge in [-0.3, -0.25) is 4.79 Å². The van der Waals surface area contributed by atoms with Crippen LogP contribution >= 0.6 is 0 Å². The van der Waals surface area contributed by atoms with E-state index in [9.17, 15) is 9.18 Å². The molecule has 0 amide bonds. The Morgan fingerprint density at radius 3 is 2.55 bits per heavy atom. The molecule has 0 atom stereocenters. The molecule has 0 bridgehead atoms. The molecule has 0 heterocycles. The smallest absolute Gasteiger partial charge is 0.326 e. The number of nitrogens with one attached hydrogen (secondary N) is 1. The average molecular weight is 160 g/mol. The van der Waals surface area contributed by atoms with Crippen LogP contribution in [0.5, 0.6) is 0 Å². The Labute approximate surface area is 64.9 Å². The SMILES string of the molecule is CNC1(C(=O)OC)CC([18F])C1. The predicted octanol–water partition coefficient (Wildman–Crippen LogP) is 0.249. The van der Waals surface area contributed by atoms with E-state index in [1.54, 1.807) is 7.05 Å². The minimum Gasteiger partial charge on any atom is -0.468 e. The number of methoxy groups -OCH3 is 1. The van der Waals surface area contributed by atoms with Crippen LogP contribution in [0.4, 0.5) is 4.39 Å². The molecule has 1 fully saturated rings. The lowest BCUT2D eigenvalue weighted by molar-refractivity contribution is -0.155. The van der Waals surface area contributed by atoms with E-state index in [4.69, 9.17) is 0 Å². The topological polar surface area (TPSA) is 38.3 Å². The van der Waals surface area contributed by atoms with Crippen molar-refractivity contribution in [3.8, 4) is 0 Å². The number of likely N-dealkylation sites (N-methyl/N-ethyl adjacent to an activating group) is 1. The van der Waals surface area contributed by atoms with Crippen LogP contribution in [0, 0.1) is 0 Å². The van der Waals surface area contributed by atoms with Gasteiger partial charge in [0.25, 0.3) is 0 Å². The predicted molar refractivity (Wildman–Crippen MR) is 37.9 cm³/mol. The first-order chi connectivity index (χ1) is 5.14. The van der Waals surface area contributed by atoms with E-state index in [-0.39, 0.29) is 18.8 Å². The van der Waals surface area contributed by atoms with Gasteiger partial charge in [0.2, 0.25) is 0 Å². The molecule has 3 nitrogen and oxygen atoms in total. The summed E-state index contributed by atoms with van der Waals surface area (Å²) in [5.41, 5.74) is -0.742. The summed E-state index contributed by atoms with van der Waals surface area (Å²) in [7, 11) is 2.95. The maximum atomic E-state index is 12.4. The van der Waals surface area contributed by atoms with Gasteiger partial charge < -0.3 is 10.1 Å². The highest BCUT2D eigenvalue weighted by molar-refractivity contribution is 5.82. The van der Waals surface area contributed by atoms with Crippen LogP contribution in [0.25, 0.3) is 0 Å². The molecule has 0 aromatic carbocycles. The molecule has 0 aliphatic heterocycles. The molecule has 0 radical (unpaired) electrons. The molecule has 11 heavy (non-hydrogen) atoms. The van der Waals surface area contributed by atoms with Gasteiger partial charge in [0.1, 0.15) is 11.7 Å². The number of esters is 1. The molecule has 0 saturated heterocycles. The molecule has 0 spiro atoms. The summed E-state index contributed by atoms with van der Waals surface area (Å²) < 4.78 is 17.0. The summed E-state index contributed by atoms with van der Waals surface area (Å²) in [6.07, 6.45) is -0.395. The number of carbonyl (C=O) groups is 1. The van der Waals surface area contributed by atoms with Crippen molar-refractivity contribution in [1.29, 1.82) is 0 Å². The Morgan fingerprint density at radius 2 is 2.27 bits per heavy atom. The molecule has 0 unspecified atom stereocenters. The van der Waals surface area contributed by atoms with E-state index in [1.807, 2.05) is 0 Å². The third kappa shape index (κ3) is 1.22. The Balaban J connectivity index is 2.57. The van der Waals surface area contributed by atoms with Crippen LogP contribution in [0.1, 0.15) is 12.8 Å². The number of halogens is 1. The van der Waals surface area contributed by atoms with Gasteiger partial charge in [-0.05, 0) is 7.05 Å². The van der Waals surface area contributed by atoms with Crippen molar-refractivity contribution < 1.29 is 13.9 Å². The Bertz CT molecular complexity index is 166. The quantitative estimate of drug-likeness (QED) is 0.588. The Kier molecular flexibility index (Phi) is 2.13. The fraction of sp³-hybridized carbons (Fsp3) is 0.857. The highest BCUT2D eigenvalue weighted by Gasteiger charge is 2.50. The van der Waals surface area contributed by atoms with Crippen LogP contribution in [0.15, 0.2) is 0 Å². The second-order valence-electron chi connectivity index (χ2n) is 2.83. The van der Waals surface area contributed by atoms with Crippen molar-refractivity contribution >= 4 is 5.97 Å². The van der Waals surface area contributed by atoms with Gasteiger partial charge >= 0.3 is 5.97 Å². The van der Waals surface area contributed by atoms with Crippen LogP contribution < -0.4 is 5.32 Å². The Hall–Kier alpha value is -0.640. The monoisotopic (exact) mass is 160 g/mol. The molecule has 1 rings (SSSR count). The molecule has 1 aliphatic rings. The number of hydrogen-bond acceptors (Lipinski definition) is 3. The van der Waals surface area contributed by atoms with Crippen molar-refractivity contribution in [1.82, 2.24) is 5.32 Å². The molecule has 1 saturated carbocycles. The lowest BCUT2D eigenvalue weighted by atomic mass is 9.75. The zero-order valence-corrected chi connectivity index (χ0v) is 6.69. The summed E-state index contributed by atoms with van der Waals surface area (Å²) >= 11 is 0. The van der Waals surface area contributed by atoms with Crippen LogP contribution in [0.3, 0.4) is 0 Å². The number of carbonyl (C=O) groups excluding carboxylic acids is 1. The first-order valence-corrected chi connectivity index (χ1v) is 3.56. The standard InChI is InChI=1S/C7H12FNO2/c1-9-7(6(10)11-2)3-5(8)4-7/h5,9H,3-4H2,1-2H3/i8-1. The highest BCUT2D eigenvalue weighted by atomic mass is 18.2. The largest absolute Gasteiger partial charge is 0.468 e. The van der Waals surface area contributed by atoms with Gasteiger partial charge in [-0.15, -0.1) is 0 Å². The third-order valence-electron chi connectivity index (χ3n) is 2.19. The number of rotatable bonds is 2. The van der Waals surface area contributed by atoms with Crippen LogP contribution in [-0.2, 0) is 9.53 Å². The molecular formula is C7H12FNO2. The zero-order valence-electron chi connectivity index (χ0n) is 6.69. The summed E-state index contributed by atoms with van der Waals surface area (Å²) in [5, 5.41) is 2.78. The molecule has 64 valence electrons. The molecule has 0 aromatic rings. The molecule has 0 aromatic heterocycles. The molecular weight excluding hydrogens is 148 g/mol. The van der Waals surface area contributed by atoms with Gasteiger partial charge in [-0.25, -0.2) is 4.39 Å². The molecule has 1 aliphatic carbocycles. The van der Waals surface area contributed by atoms with Crippen LogP contribution in [0.2, 0.25) is 0 Å². The second-order valence-corrected chi connectivity index (χ2v) is 2.83. The maximum Gasteiger partial charge on any atom is 0.326 e. The summed E-state index contributed by atoms with van der Waals surface area (Å²) in [6, 6.07) is 0. The van der Waals surface area contributed by atoms with Gasteiger partial charge in [0.05, 0.1) is 7.11 Å². The van der Waals surface area contributed by atoms with Crippen LogP contribution in [-0.4, -0.2) is 31.8 Å². The highest BCUT2D eigenvalue weighted by Crippen LogP contribution is 2.35. The number of hydrogen-bond donors (Lipinski definition) is 1. The van der Waals surface area contributed by atoms with Crippen molar-refractivity contribution in [3.05, 3.63) is 0 Å². The molecule has 4 heteroatoms. The van der Waals surface area contributed by atoms with Crippen molar-refractivity contribution in [2.24, 2.45) is 0 Å². The van der Waals surface area contributed by atoms with Gasteiger partial charge in [0, 0.05) is 12.8 Å². The van der Waals surface area contributed by atoms with E-state index >= 15 is 0 Å². The van der Waals surface area contributed by atoms with E-state index < -0.39 is 11.7 Å². The first-order valence-electron chi connectivity index (χ1n) is 3.56. The average Bonchev–Trinajstić information content (AvgIpc) is 1.96. The van der Waals surface area contributed by atoms with E-state index in [0.29, 0.717) is 0 Å². The fourth-order valence-electron chi connectivity index (χ4n) is 1.36. The Morgan fingerprint density at radius 1 is 1.73 bits per heavy atom. The van der Waals surface area contributed by atoms with Crippen molar-refractivity contribution in [2.45, 2.75) is 24.6 Å².